The number of unbranched alkanes of at least 4 members (excludes halogenated alkanes) is 2. The number of nitrogens with one attached hydrogen (secondary N) is 2. The topological polar surface area (TPSA) is 162 Å². The molecule has 2 heterocycles. The van der Waals surface area contributed by atoms with Crippen LogP contribution in [0.5, 0.6) is 0 Å². The first-order valence-electron chi connectivity index (χ1n) is 10.5. The number of piperidine rings is 1. The Morgan fingerprint density at radius 1 is 1.18 bits per heavy atom. The Bertz CT molecular complexity index is 793. The summed E-state index contributed by atoms with van der Waals surface area (Å²) >= 11 is 0. The van der Waals surface area contributed by atoms with Crippen LogP contribution in [-0.2, 0) is 34.1 Å². The molecule has 2 atom stereocenters. The molecule has 2 saturated heterocycles. The Labute approximate surface area is 223 Å². The van der Waals surface area contributed by atoms with Crippen LogP contribution in [0, 0.1) is 0 Å². The molecule has 0 saturated carbocycles. The van der Waals surface area contributed by atoms with Gasteiger partial charge in [0.05, 0.1) is 11.8 Å². The summed E-state index contributed by atoms with van der Waals surface area (Å²) < 4.78 is 32.9. The average Bonchev–Trinajstić information content (AvgIpc) is 3.03. The quantitative estimate of drug-likeness (QED) is 0.0858. The van der Waals surface area contributed by atoms with Gasteiger partial charge in [-0.3, -0.25) is 14.4 Å². The van der Waals surface area contributed by atoms with E-state index < -0.39 is 39.6 Å². The van der Waals surface area contributed by atoms with Crippen molar-refractivity contribution in [3.8, 4) is 0 Å². The first-order chi connectivity index (χ1) is 15.2. The Kier molecular flexibility index (Phi) is 14.5. The molecule has 0 spiro atoms. The molecule has 2 aliphatic heterocycles. The molecular weight excluding hydrogens is 505 g/mol. The molecule has 15 heteroatoms. The SMILES string of the molecule is O=C(CCSSC1CCCCN1)NCCCCCC(=O)ON1C(=O)CC(S(=O)(=O)[O-])C1=O.[Na+]. The van der Waals surface area contributed by atoms with Crippen LogP contribution in [0.15, 0.2) is 0 Å². The number of carbonyl (C=O) groups excluding carboxylic acids is 4. The van der Waals surface area contributed by atoms with Crippen LogP contribution in [0.3, 0.4) is 0 Å². The second-order valence-corrected chi connectivity index (χ2v) is 11.7. The summed E-state index contributed by atoms with van der Waals surface area (Å²) in [6.45, 7) is 1.53. The summed E-state index contributed by atoms with van der Waals surface area (Å²) in [6.07, 6.45) is 4.78. The van der Waals surface area contributed by atoms with Gasteiger partial charge in [0.1, 0.15) is 15.4 Å². The number of hydroxylamine groups is 2. The molecule has 2 unspecified atom stereocenters. The zero-order valence-electron chi connectivity index (χ0n) is 18.6. The minimum absolute atomic E-state index is 0. The van der Waals surface area contributed by atoms with Crippen molar-refractivity contribution in [1.29, 1.82) is 0 Å². The van der Waals surface area contributed by atoms with E-state index in [1.807, 2.05) is 0 Å². The first kappa shape index (κ1) is 30.7. The largest absolute Gasteiger partial charge is 1.00 e. The van der Waals surface area contributed by atoms with E-state index in [0.29, 0.717) is 37.6 Å². The van der Waals surface area contributed by atoms with Crippen LogP contribution in [0.2, 0.25) is 0 Å². The fraction of sp³-hybridized carbons (Fsp3) is 0.778. The third-order valence-corrected chi connectivity index (χ3v) is 8.66. The van der Waals surface area contributed by atoms with Gasteiger partial charge in [-0.25, -0.2) is 13.2 Å². The number of amides is 3. The summed E-state index contributed by atoms with van der Waals surface area (Å²) in [7, 11) is -1.52. The van der Waals surface area contributed by atoms with E-state index in [9.17, 15) is 32.1 Å². The van der Waals surface area contributed by atoms with Gasteiger partial charge in [-0.1, -0.05) is 28.0 Å². The van der Waals surface area contributed by atoms with E-state index in [1.165, 1.54) is 12.8 Å². The molecule has 0 aliphatic carbocycles. The van der Waals surface area contributed by atoms with Crippen molar-refractivity contribution in [2.75, 3.05) is 18.8 Å². The zero-order chi connectivity index (χ0) is 23.6. The third kappa shape index (κ3) is 11.3. The molecule has 2 rings (SSSR count). The van der Waals surface area contributed by atoms with Crippen LogP contribution in [0.4, 0.5) is 0 Å². The Balaban J connectivity index is 0.00000544. The van der Waals surface area contributed by atoms with Crippen molar-refractivity contribution < 1.29 is 66.5 Å². The van der Waals surface area contributed by atoms with Gasteiger partial charge in [0, 0.05) is 25.1 Å². The molecule has 2 aliphatic rings. The van der Waals surface area contributed by atoms with Crippen molar-refractivity contribution in [3.05, 3.63) is 0 Å². The van der Waals surface area contributed by atoms with E-state index in [4.69, 9.17) is 0 Å². The second-order valence-electron chi connectivity index (χ2n) is 7.44. The van der Waals surface area contributed by atoms with Crippen LogP contribution in [0.25, 0.3) is 0 Å². The number of rotatable bonds is 13. The monoisotopic (exact) mass is 533 g/mol. The molecule has 0 radical (unpaired) electrons. The minimum Gasteiger partial charge on any atom is -0.747 e. The third-order valence-electron chi connectivity index (χ3n) is 4.85. The predicted octanol–water partition coefficient (Wildman–Crippen LogP) is -2.33. The Morgan fingerprint density at radius 3 is 2.58 bits per heavy atom. The van der Waals surface area contributed by atoms with Gasteiger partial charge in [0.15, 0.2) is 0 Å². The number of imide groups is 1. The first-order valence-corrected chi connectivity index (χ1v) is 14.3. The van der Waals surface area contributed by atoms with Gasteiger partial charge in [-0.2, -0.15) is 0 Å². The molecule has 182 valence electrons. The number of hydrogen-bond donors (Lipinski definition) is 2. The predicted molar refractivity (Wildman–Crippen MR) is 118 cm³/mol. The molecule has 33 heavy (non-hydrogen) atoms. The summed E-state index contributed by atoms with van der Waals surface area (Å²) in [5.74, 6) is -2.54. The van der Waals surface area contributed by atoms with Gasteiger partial charge < -0.3 is 20.0 Å². The zero-order valence-corrected chi connectivity index (χ0v) is 23.0. The van der Waals surface area contributed by atoms with Crippen LogP contribution in [0.1, 0.15) is 57.8 Å². The fourth-order valence-electron chi connectivity index (χ4n) is 3.11. The molecule has 2 N–H and O–H groups in total. The van der Waals surface area contributed by atoms with Gasteiger partial charge in [0.25, 0.3) is 11.8 Å². The summed E-state index contributed by atoms with van der Waals surface area (Å²) in [4.78, 5) is 51.6. The molecular formula is C18H28N3NaO8S3. The summed E-state index contributed by atoms with van der Waals surface area (Å²) in [5, 5.41) is 4.73. The average molecular weight is 534 g/mol. The van der Waals surface area contributed by atoms with Crippen molar-refractivity contribution in [2.24, 2.45) is 0 Å². The Hall–Kier alpha value is -0.350. The van der Waals surface area contributed by atoms with Crippen LogP contribution >= 0.6 is 21.6 Å². The molecule has 2 fully saturated rings. The van der Waals surface area contributed by atoms with Crippen molar-refractivity contribution >= 4 is 55.4 Å². The van der Waals surface area contributed by atoms with E-state index in [-0.39, 0.29) is 46.9 Å². The molecule has 0 aromatic carbocycles. The Morgan fingerprint density at radius 2 is 1.94 bits per heavy atom. The van der Waals surface area contributed by atoms with Crippen molar-refractivity contribution in [2.45, 2.75) is 68.4 Å². The van der Waals surface area contributed by atoms with Crippen LogP contribution < -0.4 is 40.2 Å². The number of carbonyl (C=O) groups is 4. The molecule has 0 aromatic heterocycles. The molecule has 11 nitrogen and oxygen atoms in total. The molecule has 0 aromatic rings. The standard InChI is InChI=1S/C18H29N3O8S3.Na/c22-14(8-11-30-31-15-6-3-5-10-20-15)19-9-4-1-2-7-17(24)29-21-16(23)12-13(18(21)25)32(26,27)28;/h13,15,20H,1-12H2,(H,19,22)(H,26,27,28);/q;+1/p-1. The van der Waals surface area contributed by atoms with Crippen molar-refractivity contribution in [1.82, 2.24) is 15.7 Å². The maximum absolute atomic E-state index is 11.8. The molecule has 3 amide bonds. The number of hydrogen-bond acceptors (Lipinski definition) is 11. The summed E-state index contributed by atoms with van der Waals surface area (Å²) in [5.41, 5.74) is 0. The van der Waals surface area contributed by atoms with E-state index in [1.54, 1.807) is 21.6 Å². The van der Waals surface area contributed by atoms with Crippen LogP contribution in [-0.4, -0.2) is 71.2 Å². The number of nitrogens with zero attached hydrogens (tertiary/aromatic N) is 1. The van der Waals surface area contributed by atoms with Crippen molar-refractivity contribution in [3.63, 3.8) is 0 Å². The smallest absolute Gasteiger partial charge is 0.747 e. The maximum Gasteiger partial charge on any atom is 1.00 e. The normalized spacial score (nSPS) is 20.9. The van der Waals surface area contributed by atoms with Gasteiger partial charge in [0.2, 0.25) is 5.91 Å². The van der Waals surface area contributed by atoms with Gasteiger partial charge in [-0.05, 0) is 38.6 Å². The molecule has 0 bridgehead atoms. The van der Waals surface area contributed by atoms with E-state index in [2.05, 4.69) is 15.5 Å². The minimum atomic E-state index is -4.99. The van der Waals surface area contributed by atoms with E-state index >= 15 is 0 Å². The summed E-state index contributed by atoms with van der Waals surface area (Å²) in [6, 6.07) is 0. The van der Waals surface area contributed by atoms with Gasteiger partial charge >= 0.3 is 35.5 Å². The van der Waals surface area contributed by atoms with Gasteiger partial charge in [-0.15, -0.1) is 5.06 Å². The fourth-order valence-corrected chi connectivity index (χ4v) is 6.30. The second kappa shape index (κ2) is 15.6. The maximum atomic E-state index is 11.8. The van der Waals surface area contributed by atoms with E-state index in [0.717, 1.165) is 18.7 Å².